The fourth-order valence-corrected chi connectivity index (χ4v) is 6.42. The predicted octanol–water partition coefficient (Wildman–Crippen LogP) is 4.27. The molecular formula is C25H26FN7S. The van der Waals surface area contributed by atoms with Gasteiger partial charge in [-0.3, -0.25) is 9.97 Å². The van der Waals surface area contributed by atoms with Crippen molar-refractivity contribution in [3.05, 3.63) is 71.3 Å². The van der Waals surface area contributed by atoms with Crippen molar-refractivity contribution >= 4 is 23.1 Å². The number of hydrogen-bond donors (Lipinski definition) is 1. The van der Waals surface area contributed by atoms with Crippen LogP contribution in [0.4, 0.5) is 10.2 Å². The van der Waals surface area contributed by atoms with Crippen LogP contribution in [0.2, 0.25) is 0 Å². The molecule has 9 heteroatoms. The minimum absolute atomic E-state index is 0.0283. The van der Waals surface area contributed by atoms with E-state index in [9.17, 15) is 4.39 Å². The van der Waals surface area contributed by atoms with Crippen LogP contribution in [0.5, 0.6) is 0 Å². The number of halogens is 1. The first kappa shape index (κ1) is 21.5. The van der Waals surface area contributed by atoms with Crippen LogP contribution in [-0.2, 0) is 6.42 Å². The highest BCUT2D eigenvalue weighted by Gasteiger charge is 2.46. The first-order chi connectivity index (χ1) is 16.5. The van der Waals surface area contributed by atoms with Gasteiger partial charge in [0, 0.05) is 37.2 Å². The van der Waals surface area contributed by atoms with Gasteiger partial charge in [-0.15, -0.1) is 0 Å². The van der Waals surface area contributed by atoms with Crippen LogP contribution in [0.3, 0.4) is 0 Å². The van der Waals surface area contributed by atoms with Crippen molar-refractivity contribution in [2.75, 3.05) is 18.0 Å². The molecule has 4 aromatic heterocycles. The number of aryl methyl sites for hydroxylation is 2. The topological polar surface area (TPSA) is 85.2 Å². The summed E-state index contributed by atoms with van der Waals surface area (Å²) >= 11 is 1.33. The second kappa shape index (κ2) is 8.02. The Bertz CT molecular complexity index is 1390. The number of fused-ring (bicyclic) bond motifs is 2. The van der Waals surface area contributed by atoms with E-state index in [2.05, 4.69) is 26.0 Å². The molecule has 0 bridgehead atoms. The maximum Gasteiger partial charge on any atom is 0.158 e. The van der Waals surface area contributed by atoms with Crippen LogP contribution >= 0.6 is 11.8 Å². The van der Waals surface area contributed by atoms with E-state index < -0.39 is 0 Å². The van der Waals surface area contributed by atoms with E-state index in [0.29, 0.717) is 10.6 Å². The molecule has 0 unspecified atom stereocenters. The Morgan fingerprint density at radius 3 is 2.68 bits per heavy atom. The highest BCUT2D eigenvalue weighted by atomic mass is 32.2. The Morgan fingerprint density at radius 1 is 1.06 bits per heavy atom. The highest BCUT2D eigenvalue weighted by molar-refractivity contribution is 7.99. The third kappa shape index (κ3) is 3.29. The molecule has 4 aromatic rings. The summed E-state index contributed by atoms with van der Waals surface area (Å²) in [6, 6.07) is 7.80. The van der Waals surface area contributed by atoms with E-state index in [0.717, 1.165) is 60.1 Å². The molecule has 0 aromatic carbocycles. The highest BCUT2D eigenvalue weighted by Crippen LogP contribution is 2.50. The van der Waals surface area contributed by atoms with Gasteiger partial charge in [-0.25, -0.2) is 13.9 Å². The number of piperidine rings is 1. The second-order valence-corrected chi connectivity index (χ2v) is 10.3. The molecule has 1 aliphatic heterocycles. The van der Waals surface area contributed by atoms with Crippen molar-refractivity contribution in [3.8, 4) is 0 Å². The smallest absolute Gasteiger partial charge is 0.158 e. The first-order valence-electron chi connectivity index (χ1n) is 11.5. The third-order valence-electron chi connectivity index (χ3n) is 7.38. The zero-order valence-corrected chi connectivity index (χ0v) is 20.0. The first-order valence-corrected chi connectivity index (χ1v) is 12.4. The second-order valence-electron chi connectivity index (χ2n) is 9.31. The molecule has 1 fully saturated rings. The fourth-order valence-electron chi connectivity index (χ4n) is 5.42. The maximum atomic E-state index is 14.6. The molecule has 1 aliphatic carbocycles. The number of rotatable bonds is 3. The standard InChI is InChI=1S/C25H26FN7S/c1-15-21(26)20(6-10-28-15)34-24-16(2)31-23(19-5-11-30-33(19)24)32-12-7-25(8-13-32)14-18-17(22(25)27)4-3-9-29-18/h3-6,9-11,22H,7-8,12-14,27H2,1-2H3/t22-/m1/s1. The monoisotopic (exact) mass is 475 g/mol. The molecule has 0 radical (unpaired) electrons. The van der Waals surface area contributed by atoms with Gasteiger partial charge in [0.2, 0.25) is 0 Å². The molecule has 1 saturated heterocycles. The Balaban J connectivity index is 1.29. The molecule has 1 spiro atoms. The summed E-state index contributed by atoms with van der Waals surface area (Å²) in [5.41, 5.74) is 11.3. The van der Waals surface area contributed by atoms with Gasteiger partial charge in [0.15, 0.2) is 11.6 Å². The summed E-state index contributed by atoms with van der Waals surface area (Å²) in [5.74, 6) is 0.615. The Hall–Kier alpha value is -3.04. The molecule has 2 N–H and O–H groups in total. The minimum atomic E-state index is -0.305. The summed E-state index contributed by atoms with van der Waals surface area (Å²) in [4.78, 5) is 16.5. The normalized spacial score (nSPS) is 19.2. The molecule has 7 nitrogen and oxygen atoms in total. The summed E-state index contributed by atoms with van der Waals surface area (Å²) in [6.45, 7) is 5.38. The van der Waals surface area contributed by atoms with Crippen molar-refractivity contribution in [1.82, 2.24) is 24.6 Å². The van der Waals surface area contributed by atoms with Crippen LogP contribution in [0.25, 0.3) is 5.52 Å². The largest absolute Gasteiger partial charge is 0.355 e. The van der Waals surface area contributed by atoms with E-state index in [1.54, 1.807) is 25.4 Å². The van der Waals surface area contributed by atoms with Gasteiger partial charge in [0.05, 0.1) is 22.5 Å². The predicted molar refractivity (Wildman–Crippen MR) is 130 cm³/mol. The van der Waals surface area contributed by atoms with Crippen molar-refractivity contribution < 1.29 is 4.39 Å². The van der Waals surface area contributed by atoms with Crippen molar-refractivity contribution in [3.63, 3.8) is 0 Å². The van der Waals surface area contributed by atoms with Gasteiger partial charge < -0.3 is 10.6 Å². The summed E-state index contributed by atoms with van der Waals surface area (Å²) in [6.07, 6.45) is 8.19. The van der Waals surface area contributed by atoms with Crippen molar-refractivity contribution in [2.24, 2.45) is 11.1 Å². The lowest BCUT2D eigenvalue weighted by atomic mass is 9.73. The molecule has 2 aliphatic rings. The SMILES string of the molecule is Cc1nccc(Sc2c(C)nc(N3CCC4(CC3)Cc3ncccc3[C@H]4N)c3ccnn23)c1F. The number of nitrogens with zero attached hydrogens (tertiary/aromatic N) is 6. The molecule has 1 atom stereocenters. The molecule has 5 heterocycles. The lowest BCUT2D eigenvalue weighted by Crippen LogP contribution is -2.44. The summed E-state index contributed by atoms with van der Waals surface area (Å²) < 4.78 is 16.5. The number of pyridine rings is 2. The summed E-state index contributed by atoms with van der Waals surface area (Å²) in [5, 5.41) is 5.36. The van der Waals surface area contributed by atoms with Gasteiger partial charge in [-0.1, -0.05) is 17.8 Å². The van der Waals surface area contributed by atoms with E-state index >= 15 is 0 Å². The van der Waals surface area contributed by atoms with Crippen molar-refractivity contribution in [1.29, 1.82) is 0 Å². The molecule has 34 heavy (non-hydrogen) atoms. The van der Waals surface area contributed by atoms with Crippen LogP contribution in [0, 0.1) is 25.1 Å². The Labute approximate surface area is 201 Å². The number of aromatic nitrogens is 5. The van der Waals surface area contributed by atoms with Crippen LogP contribution < -0.4 is 10.6 Å². The quantitative estimate of drug-likeness (QED) is 0.474. The van der Waals surface area contributed by atoms with Gasteiger partial charge in [0.25, 0.3) is 0 Å². The molecule has 174 valence electrons. The van der Waals surface area contributed by atoms with Gasteiger partial charge in [-0.05, 0) is 62.3 Å². The molecule has 6 rings (SSSR count). The average Bonchev–Trinajstić information content (AvgIpc) is 3.43. The molecule has 0 saturated carbocycles. The van der Waals surface area contributed by atoms with E-state index in [-0.39, 0.29) is 17.3 Å². The van der Waals surface area contributed by atoms with E-state index in [4.69, 9.17) is 10.7 Å². The lowest BCUT2D eigenvalue weighted by Gasteiger charge is -2.42. The maximum absolute atomic E-state index is 14.6. The number of hydrogen-bond acceptors (Lipinski definition) is 7. The third-order valence-corrected chi connectivity index (χ3v) is 8.58. The zero-order chi connectivity index (χ0) is 23.4. The van der Waals surface area contributed by atoms with Gasteiger partial charge >= 0.3 is 0 Å². The van der Waals surface area contributed by atoms with Crippen LogP contribution in [0.15, 0.2) is 52.8 Å². The Morgan fingerprint density at radius 2 is 1.88 bits per heavy atom. The number of nitrogens with two attached hydrogens (primary N) is 1. The average molecular weight is 476 g/mol. The van der Waals surface area contributed by atoms with E-state index in [1.165, 1.54) is 17.3 Å². The zero-order valence-electron chi connectivity index (χ0n) is 19.2. The lowest BCUT2D eigenvalue weighted by molar-refractivity contribution is 0.186. The van der Waals surface area contributed by atoms with Crippen molar-refractivity contribution in [2.45, 2.75) is 49.1 Å². The molecule has 0 amide bonds. The van der Waals surface area contributed by atoms with Gasteiger partial charge in [0.1, 0.15) is 10.5 Å². The number of anilines is 1. The van der Waals surface area contributed by atoms with Gasteiger partial charge in [-0.2, -0.15) is 5.10 Å². The minimum Gasteiger partial charge on any atom is -0.355 e. The molecular weight excluding hydrogens is 449 g/mol. The fraction of sp³-hybridized carbons (Fsp3) is 0.360. The Kier molecular flexibility index (Phi) is 5.07. The van der Waals surface area contributed by atoms with E-state index in [1.807, 2.05) is 29.8 Å². The van der Waals surface area contributed by atoms with Crippen LogP contribution in [0.1, 0.15) is 41.5 Å². The summed E-state index contributed by atoms with van der Waals surface area (Å²) in [7, 11) is 0. The van der Waals surface area contributed by atoms with Crippen LogP contribution in [-0.4, -0.2) is 37.7 Å².